The van der Waals surface area contributed by atoms with Crippen LogP contribution >= 0.6 is 0 Å². The molecule has 0 aliphatic carbocycles. The highest BCUT2D eigenvalue weighted by atomic mass is 16.5. The molecule has 0 spiro atoms. The second-order valence-corrected chi connectivity index (χ2v) is 6.09. The summed E-state index contributed by atoms with van der Waals surface area (Å²) in [4.78, 5) is 14.4. The largest absolute Gasteiger partial charge is 0.364 e. The van der Waals surface area contributed by atoms with Crippen LogP contribution in [0.1, 0.15) is 40.5 Å². The monoisotopic (exact) mass is 256 g/mol. The van der Waals surface area contributed by atoms with E-state index in [1.54, 1.807) is 0 Å². The van der Waals surface area contributed by atoms with E-state index in [4.69, 9.17) is 10.5 Å². The van der Waals surface area contributed by atoms with Crippen LogP contribution < -0.4 is 5.73 Å². The van der Waals surface area contributed by atoms with Gasteiger partial charge in [-0.15, -0.1) is 0 Å². The predicted molar refractivity (Wildman–Crippen MR) is 73.2 cm³/mol. The number of ether oxygens (including phenoxy) is 1. The Hall–Kier alpha value is -0.610. The van der Waals surface area contributed by atoms with Gasteiger partial charge in [0.2, 0.25) is 0 Å². The summed E-state index contributed by atoms with van der Waals surface area (Å²) < 4.78 is 5.70. The first-order valence-electron chi connectivity index (χ1n) is 7.08. The van der Waals surface area contributed by atoms with E-state index in [1.165, 1.54) is 0 Å². The summed E-state index contributed by atoms with van der Waals surface area (Å²) in [6.45, 7) is 10.7. The summed E-state index contributed by atoms with van der Waals surface area (Å²) >= 11 is 0. The molecule has 18 heavy (non-hydrogen) atoms. The average Bonchev–Trinajstić information content (AvgIpc) is 2.74. The Labute approximate surface area is 111 Å². The van der Waals surface area contributed by atoms with Gasteiger partial charge in [0.25, 0.3) is 5.91 Å². The maximum absolute atomic E-state index is 12.4. The zero-order valence-electron chi connectivity index (χ0n) is 12.2. The molecular formula is C14H28N2O2. The first kappa shape index (κ1) is 15.4. The van der Waals surface area contributed by atoms with Gasteiger partial charge in [0.15, 0.2) is 0 Å². The Morgan fingerprint density at radius 2 is 1.78 bits per heavy atom. The first-order valence-corrected chi connectivity index (χ1v) is 7.08. The van der Waals surface area contributed by atoms with Crippen molar-refractivity contribution in [3.63, 3.8) is 0 Å². The van der Waals surface area contributed by atoms with Gasteiger partial charge in [-0.25, -0.2) is 0 Å². The minimum absolute atomic E-state index is 0.0684. The van der Waals surface area contributed by atoms with E-state index < -0.39 is 0 Å². The highest BCUT2D eigenvalue weighted by Gasteiger charge is 2.33. The Balaban J connectivity index is 2.58. The third kappa shape index (κ3) is 4.58. The summed E-state index contributed by atoms with van der Waals surface area (Å²) in [6, 6.07) is 0. The molecule has 1 amide bonds. The molecule has 4 nitrogen and oxygen atoms in total. The lowest BCUT2D eigenvalue weighted by Gasteiger charge is -2.28. The molecule has 0 saturated carbocycles. The number of amides is 1. The molecule has 4 heteroatoms. The van der Waals surface area contributed by atoms with Crippen molar-refractivity contribution in [1.82, 2.24) is 4.90 Å². The SMILES string of the molecule is CC(C)CN(CC(C)C)C(=O)[C@@H]1CC[C@H](CN)O1. The quantitative estimate of drug-likeness (QED) is 0.786. The van der Waals surface area contributed by atoms with Gasteiger partial charge in [0.1, 0.15) is 6.10 Å². The summed E-state index contributed by atoms with van der Waals surface area (Å²) in [5, 5.41) is 0. The van der Waals surface area contributed by atoms with E-state index in [9.17, 15) is 4.79 Å². The summed E-state index contributed by atoms with van der Waals surface area (Å²) in [5.41, 5.74) is 5.58. The van der Waals surface area contributed by atoms with Gasteiger partial charge < -0.3 is 15.4 Å². The second-order valence-electron chi connectivity index (χ2n) is 6.09. The van der Waals surface area contributed by atoms with Gasteiger partial charge in [-0.05, 0) is 24.7 Å². The van der Waals surface area contributed by atoms with Crippen molar-refractivity contribution in [3.05, 3.63) is 0 Å². The van der Waals surface area contributed by atoms with E-state index in [-0.39, 0.29) is 18.1 Å². The predicted octanol–water partition coefficient (Wildman–Crippen LogP) is 1.63. The normalized spacial score (nSPS) is 23.9. The fourth-order valence-corrected chi connectivity index (χ4v) is 2.40. The maximum atomic E-state index is 12.4. The van der Waals surface area contributed by atoms with Crippen LogP contribution in [-0.2, 0) is 9.53 Å². The van der Waals surface area contributed by atoms with Crippen LogP contribution in [0.5, 0.6) is 0 Å². The lowest BCUT2D eigenvalue weighted by molar-refractivity contribution is -0.143. The van der Waals surface area contributed by atoms with E-state index in [2.05, 4.69) is 27.7 Å². The summed E-state index contributed by atoms with van der Waals surface area (Å²) in [6.07, 6.45) is 1.52. The molecule has 0 aromatic rings. The number of rotatable bonds is 6. The summed E-state index contributed by atoms with van der Waals surface area (Å²) in [5.74, 6) is 1.12. The molecule has 1 fully saturated rings. The molecule has 1 aliphatic heterocycles. The topological polar surface area (TPSA) is 55.6 Å². The lowest BCUT2D eigenvalue weighted by Crippen LogP contribution is -2.43. The van der Waals surface area contributed by atoms with Gasteiger partial charge in [0.05, 0.1) is 6.10 Å². The Bertz CT molecular complexity index is 257. The lowest BCUT2D eigenvalue weighted by atomic mass is 10.1. The first-order chi connectivity index (χ1) is 8.43. The van der Waals surface area contributed by atoms with Crippen LogP contribution in [0, 0.1) is 11.8 Å². The minimum atomic E-state index is -0.268. The van der Waals surface area contributed by atoms with Crippen LogP contribution in [0.15, 0.2) is 0 Å². The van der Waals surface area contributed by atoms with Crippen molar-refractivity contribution in [3.8, 4) is 0 Å². The van der Waals surface area contributed by atoms with Crippen molar-refractivity contribution in [2.24, 2.45) is 17.6 Å². The highest BCUT2D eigenvalue weighted by molar-refractivity contribution is 5.81. The van der Waals surface area contributed by atoms with E-state index in [1.807, 2.05) is 4.90 Å². The van der Waals surface area contributed by atoms with Gasteiger partial charge in [-0.3, -0.25) is 4.79 Å². The number of nitrogens with two attached hydrogens (primary N) is 1. The third-order valence-electron chi connectivity index (χ3n) is 3.13. The zero-order chi connectivity index (χ0) is 13.7. The molecule has 106 valence electrons. The number of hydrogen-bond acceptors (Lipinski definition) is 3. The standard InChI is InChI=1S/C14H28N2O2/c1-10(2)8-16(9-11(3)4)14(17)13-6-5-12(7-15)18-13/h10-13H,5-9,15H2,1-4H3/t12-,13+/m1/s1. The molecule has 0 aromatic carbocycles. The van der Waals surface area contributed by atoms with E-state index >= 15 is 0 Å². The molecule has 0 bridgehead atoms. The van der Waals surface area contributed by atoms with Crippen molar-refractivity contribution in [1.29, 1.82) is 0 Å². The molecule has 2 N–H and O–H groups in total. The molecule has 0 unspecified atom stereocenters. The number of hydrogen-bond donors (Lipinski definition) is 1. The zero-order valence-corrected chi connectivity index (χ0v) is 12.2. The van der Waals surface area contributed by atoms with E-state index in [0.29, 0.717) is 18.4 Å². The van der Waals surface area contributed by atoms with E-state index in [0.717, 1.165) is 25.9 Å². The molecule has 0 aromatic heterocycles. The van der Waals surface area contributed by atoms with Crippen molar-refractivity contribution >= 4 is 5.91 Å². The van der Waals surface area contributed by atoms with Gasteiger partial charge in [0, 0.05) is 19.6 Å². The Morgan fingerprint density at radius 1 is 1.22 bits per heavy atom. The summed E-state index contributed by atoms with van der Waals surface area (Å²) in [7, 11) is 0. The van der Waals surface area contributed by atoms with Crippen LogP contribution in [0.2, 0.25) is 0 Å². The fourth-order valence-electron chi connectivity index (χ4n) is 2.40. The average molecular weight is 256 g/mol. The number of carbonyl (C=O) groups is 1. The van der Waals surface area contributed by atoms with Crippen molar-refractivity contribution in [2.75, 3.05) is 19.6 Å². The maximum Gasteiger partial charge on any atom is 0.251 e. The van der Waals surface area contributed by atoms with Crippen LogP contribution in [0.4, 0.5) is 0 Å². The third-order valence-corrected chi connectivity index (χ3v) is 3.13. The highest BCUT2D eigenvalue weighted by Crippen LogP contribution is 2.21. The Morgan fingerprint density at radius 3 is 2.17 bits per heavy atom. The van der Waals surface area contributed by atoms with Crippen molar-refractivity contribution in [2.45, 2.75) is 52.7 Å². The van der Waals surface area contributed by atoms with Crippen LogP contribution in [-0.4, -0.2) is 42.6 Å². The smallest absolute Gasteiger partial charge is 0.251 e. The van der Waals surface area contributed by atoms with Gasteiger partial charge in [-0.1, -0.05) is 27.7 Å². The van der Waals surface area contributed by atoms with Crippen LogP contribution in [0.25, 0.3) is 0 Å². The molecule has 2 atom stereocenters. The molecule has 1 rings (SSSR count). The molecule has 1 saturated heterocycles. The molecule has 1 aliphatic rings. The number of nitrogens with zero attached hydrogens (tertiary/aromatic N) is 1. The van der Waals surface area contributed by atoms with Crippen LogP contribution in [0.3, 0.4) is 0 Å². The van der Waals surface area contributed by atoms with Gasteiger partial charge >= 0.3 is 0 Å². The molecule has 1 heterocycles. The van der Waals surface area contributed by atoms with Crippen molar-refractivity contribution < 1.29 is 9.53 Å². The molecular weight excluding hydrogens is 228 g/mol. The fraction of sp³-hybridized carbons (Fsp3) is 0.929. The second kappa shape index (κ2) is 7.10. The van der Waals surface area contributed by atoms with Gasteiger partial charge in [-0.2, -0.15) is 0 Å². The minimum Gasteiger partial charge on any atom is -0.364 e. The molecule has 0 radical (unpaired) electrons. The Kier molecular flexibility index (Phi) is 6.09. The number of carbonyl (C=O) groups excluding carboxylic acids is 1.